The van der Waals surface area contributed by atoms with E-state index in [0.29, 0.717) is 5.56 Å². The number of ether oxygens (including phenoxy) is 1. The Bertz CT molecular complexity index is 609. The van der Waals surface area contributed by atoms with Gasteiger partial charge in [-0.2, -0.15) is 4.31 Å². The molecule has 1 aliphatic heterocycles. The summed E-state index contributed by atoms with van der Waals surface area (Å²) in [6.45, 7) is 3.27. The second kappa shape index (κ2) is 4.55. The van der Waals surface area contributed by atoms with Gasteiger partial charge in [0.2, 0.25) is 10.0 Å². The van der Waals surface area contributed by atoms with E-state index < -0.39 is 21.6 Å². The molecule has 0 aromatic carbocycles. The molecule has 1 saturated heterocycles. The van der Waals surface area contributed by atoms with Crippen LogP contribution in [0.15, 0.2) is 10.3 Å². The van der Waals surface area contributed by atoms with Crippen LogP contribution in [0.2, 0.25) is 0 Å². The average Bonchev–Trinajstić information content (AvgIpc) is 2.67. The lowest BCUT2D eigenvalue weighted by molar-refractivity contribution is -0.0426. The third kappa shape index (κ3) is 2.40. The van der Waals surface area contributed by atoms with Gasteiger partial charge in [-0.3, -0.25) is 0 Å². The number of carbonyl (C=O) groups excluding carboxylic acids is 1. The molecule has 0 aliphatic carbocycles. The molecule has 0 spiro atoms. The second-order valence-electron chi connectivity index (χ2n) is 4.84. The predicted octanol–water partition coefficient (Wildman–Crippen LogP) is 0.598. The highest BCUT2D eigenvalue weighted by Gasteiger charge is 2.45. The smallest absolute Gasteiger partial charge is 0.349 e. The number of carbonyl (C=O) groups is 1. The van der Waals surface area contributed by atoms with Gasteiger partial charge in [-0.1, -0.05) is 0 Å². The van der Waals surface area contributed by atoms with Gasteiger partial charge in [0.1, 0.15) is 9.77 Å². The van der Waals surface area contributed by atoms with Crippen molar-refractivity contribution in [2.24, 2.45) is 0 Å². The van der Waals surface area contributed by atoms with Gasteiger partial charge in [-0.15, -0.1) is 11.3 Å². The fraction of sp³-hybridized carbons (Fsp3) is 0.545. The van der Waals surface area contributed by atoms with Gasteiger partial charge in [0, 0.05) is 13.1 Å². The quantitative estimate of drug-likeness (QED) is 0.827. The number of β-amino-alcohol motifs (C(OH)–C–C–N with tert-alkyl or cyclic N) is 1. The summed E-state index contributed by atoms with van der Waals surface area (Å²) in [6.07, 6.45) is 0. The van der Waals surface area contributed by atoms with Crippen LogP contribution in [0.4, 0.5) is 0 Å². The summed E-state index contributed by atoms with van der Waals surface area (Å²) in [5, 5.41) is 11.3. The number of esters is 1. The first-order chi connectivity index (χ1) is 8.69. The predicted molar refractivity (Wildman–Crippen MR) is 69.8 cm³/mol. The van der Waals surface area contributed by atoms with Crippen molar-refractivity contribution in [1.82, 2.24) is 4.31 Å². The molecule has 1 aliphatic rings. The number of methoxy groups -OCH3 is 1. The van der Waals surface area contributed by atoms with Crippen LogP contribution in [0, 0.1) is 6.92 Å². The molecular weight excluding hydrogens is 290 g/mol. The molecule has 19 heavy (non-hydrogen) atoms. The highest BCUT2D eigenvalue weighted by Crippen LogP contribution is 2.34. The van der Waals surface area contributed by atoms with Crippen molar-refractivity contribution < 1.29 is 23.1 Å². The summed E-state index contributed by atoms with van der Waals surface area (Å²) in [5.74, 6) is -0.663. The van der Waals surface area contributed by atoms with E-state index in [9.17, 15) is 18.3 Å². The normalized spacial score (nSPS) is 18.9. The van der Waals surface area contributed by atoms with Crippen LogP contribution in [-0.4, -0.2) is 49.6 Å². The Morgan fingerprint density at radius 3 is 2.58 bits per heavy atom. The maximum absolute atomic E-state index is 12.4. The minimum Gasteiger partial charge on any atom is -0.465 e. The summed E-state index contributed by atoms with van der Waals surface area (Å²) >= 11 is 1.04. The van der Waals surface area contributed by atoms with Gasteiger partial charge >= 0.3 is 5.97 Å². The first kappa shape index (κ1) is 14.4. The molecule has 0 bridgehead atoms. The molecule has 0 unspecified atom stereocenters. The van der Waals surface area contributed by atoms with Gasteiger partial charge in [0.25, 0.3) is 0 Å². The lowest BCUT2D eigenvalue weighted by atomic mass is 10.0. The van der Waals surface area contributed by atoms with E-state index in [2.05, 4.69) is 4.74 Å². The SMILES string of the molecule is COC(=O)c1scc(C)c1S(=O)(=O)N1CC(C)(O)C1. The van der Waals surface area contributed by atoms with Crippen LogP contribution in [0.5, 0.6) is 0 Å². The lowest BCUT2D eigenvalue weighted by Crippen LogP contribution is -2.61. The highest BCUT2D eigenvalue weighted by molar-refractivity contribution is 7.89. The van der Waals surface area contributed by atoms with Crippen molar-refractivity contribution in [2.75, 3.05) is 20.2 Å². The Hall–Kier alpha value is -0.960. The summed E-state index contributed by atoms with van der Waals surface area (Å²) in [4.78, 5) is 11.7. The van der Waals surface area contributed by atoms with Crippen molar-refractivity contribution >= 4 is 27.3 Å². The van der Waals surface area contributed by atoms with Gasteiger partial charge in [0.05, 0.1) is 12.7 Å². The van der Waals surface area contributed by atoms with Crippen LogP contribution in [0.25, 0.3) is 0 Å². The van der Waals surface area contributed by atoms with Gasteiger partial charge in [0.15, 0.2) is 0 Å². The fourth-order valence-corrected chi connectivity index (χ4v) is 5.33. The van der Waals surface area contributed by atoms with Crippen molar-refractivity contribution in [2.45, 2.75) is 24.3 Å². The van der Waals surface area contributed by atoms with Crippen LogP contribution < -0.4 is 0 Å². The van der Waals surface area contributed by atoms with Gasteiger partial charge in [-0.05, 0) is 24.8 Å². The van der Waals surface area contributed by atoms with E-state index in [-0.39, 0.29) is 22.9 Å². The third-order valence-electron chi connectivity index (χ3n) is 2.92. The molecule has 6 nitrogen and oxygen atoms in total. The molecule has 1 N–H and O–H groups in total. The van der Waals surface area contributed by atoms with E-state index in [0.717, 1.165) is 15.6 Å². The Kier molecular flexibility index (Phi) is 3.46. The minimum atomic E-state index is -3.76. The standard InChI is InChI=1S/C11H15NO5S2/c1-7-4-18-8(10(13)17-3)9(7)19(15,16)12-5-11(2,14)6-12/h4,14H,5-6H2,1-3H3. The zero-order chi connectivity index (χ0) is 14.4. The first-order valence-electron chi connectivity index (χ1n) is 5.58. The lowest BCUT2D eigenvalue weighted by Gasteiger charge is -2.42. The number of hydrogen-bond donors (Lipinski definition) is 1. The molecule has 106 valence electrons. The minimum absolute atomic E-state index is 0.0140. The summed E-state index contributed by atoms with van der Waals surface area (Å²) in [6, 6.07) is 0. The molecule has 0 radical (unpaired) electrons. The Morgan fingerprint density at radius 1 is 1.53 bits per heavy atom. The van der Waals surface area contributed by atoms with E-state index in [1.54, 1.807) is 19.2 Å². The molecule has 1 aromatic rings. The van der Waals surface area contributed by atoms with Gasteiger partial charge < -0.3 is 9.84 Å². The summed E-state index contributed by atoms with van der Waals surface area (Å²) < 4.78 is 30.6. The van der Waals surface area contributed by atoms with E-state index in [1.807, 2.05) is 0 Å². The molecule has 0 saturated carbocycles. The second-order valence-corrected chi connectivity index (χ2v) is 7.59. The number of aliphatic hydroxyl groups is 1. The third-order valence-corrected chi connectivity index (χ3v) is 6.11. The van der Waals surface area contributed by atoms with Crippen LogP contribution >= 0.6 is 11.3 Å². The Labute approximate surface area is 115 Å². The van der Waals surface area contributed by atoms with Gasteiger partial charge in [-0.25, -0.2) is 13.2 Å². The average molecular weight is 305 g/mol. The van der Waals surface area contributed by atoms with E-state index in [1.165, 1.54) is 7.11 Å². The molecule has 0 amide bonds. The number of thiophene rings is 1. The van der Waals surface area contributed by atoms with E-state index >= 15 is 0 Å². The molecule has 2 rings (SSSR count). The molecule has 1 fully saturated rings. The number of aryl methyl sites for hydroxylation is 1. The van der Waals surface area contributed by atoms with Crippen molar-refractivity contribution in [3.63, 3.8) is 0 Å². The van der Waals surface area contributed by atoms with Crippen molar-refractivity contribution in [3.8, 4) is 0 Å². The monoisotopic (exact) mass is 305 g/mol. The maximum atomic E-state index is 12.4. The Morgan fingerprint density at radius 2 is 2.11 bits per heavy atom. The highest BCUT2D eigenvalue weighted by atomic mass is 32.2. The van der Waals surface area contributed by atoms with Crippen molar-refractivity contribution in [3.05, 3.63) is 15.8 Å². The largest absolute Gasteiger partial charge is 0.465 e. The zero-order valence-electron chi connectivity index (χ0n) is 10.8. The van der Waals surface area contributed by atoms with E-state index in [4.69, 9.17) is 0 Å². The molecule has 1 aromatic heterocycles. The molecule has 8 heteroatoms. The summed E-state index contributed by atoms with van der Waals surface area (Å²) in [7, 11) is -2.55. The fourth-order valence-electron chi connectivity index (χ4n) is 2.00. The van der Waals surface area contributed by atoms with Crippen LogP contribution in [0.3, 0.4) is 0 Å². The number of hydrogen-bond acceptors (Lipinski definition) is 6. The van der Waals surface area contributed by atoms with Crippen LogP contribution in [0.1, 0.15) is 22.2 Å². The number of rotatable bonds is 3. The van der Waals surface area contributed by atoms with Crippen molar-refractivity contribution in [1.29, 1.82) is 0 Å². The summed E-state index contributed by atoms with van der Waals surface area (Å²) in [5.41, 5.74) is -0.487. The molecule has 2 heterocycles. The Balaban J connectivity index is 2.42. The first-order valence-corrected chi connectivity index (χ1v) is 7.90. The maximum Gasteiger partial charge on any atom is 0.349 e. The molecule has 0 atom stereocenters. The zero-order valence-corrected chi connectivity index (χ0v) is 12.5. The number of sulfonamides is 1. The molecular formula is C11H15NO5S2. The van der Waals surface area contributed by atoms with Crippen LogP contribution in [-0.2, 0) is 14.8 Å². The topological polar surface area (TPSA) is 83.9 Å². The number of nitrogens with zero attached hydrogens (tertiary/aromatic N) is 1.